The number of hydrogen-bond acceptors (Lipinski definition) is 7. The van der Waals surface area contributed by atoms with Gasteiger partial charge in [-0.3, -0.25) is 14.6 Å². The minimum Gasteiger partial charge on any atom is -0.396 e. The van der Waals surface area contributed by atoms with E-state index in [0.717, 1.165) is 23.1 Å². The summed E-state index contributed by atoms with van der Waals surface area (Å²) in [6.07, 6.45) is 3.40. The maximum Gasteiger partial charge on any atom is 0.278 e. The van der Waals surface area contributed by atoms with Gasteiger partial charge < -0.3 is 11.1 Å². The molecular weight excluding hydrogens is 389 g/mol. The van der Waals surface area contributed by atoms with Gasteiger partial charge in [0.1, 0.15) is 12.9 Å². The first-order valence-corrected chi connectivity index (χ1v) is 9.74. The summed E-state index contributed by atoms with van der Waals surface area (Å²) in [7, 11) is 0. The van der Waals surface area contributed by atoms with Crippen LogP contribution in [0, 0.1) is 11.7 Å². The maximum atomic E-state index is 13.5. The van der Waals surface area contributed by atoms with E-state index in [1.54, 1.807) is 0 Å². The minimum absolute atomic E-state index is 0.0713. The molecule has 0 spiro atoms. The molecule has 1 amide bonds. The van der Waals surface area contributed by atoms with Crippen LogP contribution in [0.25, 0.3) is 0 Å². The van der Waals surface area contributed by atoms with Gasteiger partial charge in [0.05, 0.1) is 23.1 Å². The standard InChI is InChI=1S/C16H20FN7O2.C4H10/c1-4-19-5-10-13(18)14(9(2)3)23-24(16(10)26)7-12(25)22-15-11(17)6-20-8-21-15;1-4(2)3/h5-6,8-9H,4,7,18H2,1-3H3,(H,20,21,22,25);4H,1-3H3. The summed E-state index contributed by atoms with van der Waals surface area (Å²) in [6.45, 7) is 12.1. The lowest BCUT2D eigenvalue weighted by Gasteiger charge is -2.14. The molecule has 2 rings (SSSR count). The summed E-state index contributed by atoms with van der Waals surface area (Å²) in [5, 5.41) is 6.46. The van der Waals surface area contributed by atoms with E-state index >= 15 is 0 Å². The van der Waals surface area contributed by atoms with Crippen molar-refractivity contribution in [3.63, 3.8) is 0 Å². The number of nitrogens with one attached hydrogen (secondary N) is 1. The van der Waals surface area contributed by atoms with Crippen molar-refractivity contribution in [3.05, 3.63) is 40.0 Å². The van der Waals surface area contributed by atoms with Crippen molar-refractivity contribution in [1.82, 2.24) is 19.7 Å². The molecule has 0 saturated heterocycles. The van der Waals surface area contributed by atoms with Crippen LogP contribution in [0.5, 0.6) is 0 Å². The normalized spacial score (nSPS) is 11.0. The highest BCUT2D eigenvalue weighted by molar-refractivity contribution is 5.90. The molecule has 2 aromatic rings. The van der Waals surface area contributed by atoms with Crippen LogP contribution in [0.4, 0.5) is 15.9 Å². The zero-order chi connectivity index (χ0) is 22.8. The van der Waals surface area contributed by atoms with E-state index in [0.29, 0.717) is 12.2 Å². The van der Waals surface area contributed by atoms with Gasteiger partial charge in [-0.25, -0.2) is 19.0 Å². The third-order valence-electron chi connectivity index (χ3n) is 3.43. The minimum atomic E-state index is -0.780. The number of aliphatic imine (C=N–C) groups is 1. The van der Waals surface area contributed by atoms with Crippen LogP contribution in [0.2, 0.25) is 0 Å². The first-order valence-electron chi connectivity index (χ1n) is 9.74. The van der Waals surface area contributed by atoms with Gasteiger partial charge >= 0.3 is 0 Å². The van der Waals surface area contributed by atoms with Gasteiger partial charge in [-0.05, 0) is 18.8 Å². The van der Waals surface area contributed by atoms with E-state index in [9.17, 15) is 14.0 Å². The lowest BCUT2D eigenvalue weighted by Crippen LogP contribution is -2.34. The monoisotopic (exact) mass is 419 g/mol. The van der Waals surface area contributed by atoms with Crippen LogP contribution in [0.15, 0.2) is 22.3 Å². The zero-order valence-corrected chi connectivity index (χ0v) is 18.3. The Balaban J connectivity index is 0.00000103. The number of carbonyl (C=O) groups is 1. The van der Waals surface area contributed by atoms with Crippen molar-refractivity contribution in [2.24, 2.45) is 10.9 Å². The second kappa shape index (κ2) is 11.7. The Bertz CT molecular complexity index is 936. The van der Waals surface area contributed by atoms with E-state index in [4.69, 9.17) is 5.73 Å². The largest absolute Gasteiger partial charge is 0.396 e. The third-order valence-corrected chi connectivity index (χ3v) is 3.43. The molecule has 30 heavy (non-hydrogen) atoms. The average molecular weight is 420 g/mol. The van der Waals surface area contributed by atoms with Gasteiger partial charge in [-0.15, -0.1) is 0 Å². The average Bonchev–Trinajstić information content (AvgIpc) is 2.65. The molecular formula is C20H30FN7O2. The number of halogens is 1. The summed E-state index contributed by atoms with van der Waals surface area (Å²) in [6, 6.07) is 0. The molecule has 3 N–H and O–H groups in total. The molecule has 0 saturated carbocycles. The number of aromatic nitrogens is 4. The van der Waals surface area contributed by atoms with E-state index in [1.807, 2.05) is 20.8 Å². The molecule has 0 bridgehead atoms. The van der Waals surface area contributed by atoms with Crippen molar-refractivity contribution in [3.8, 4) is 0 Å². The predicted octanol–water partition coefficient (Wildman–Crippen LogP) is 2.62. The number of nitrogen functional groups attached to an aromatic ring is 1. The molecule has 0 aliphatic heterocycles. The van der Waals surface area contributed by atoms with E-state index in [2.05, 4.69) is 46.1 Å². The second-order valence-electron chi connectivity index (χ2n) is 7.46. The number of carbonyl (C=O) groups excluding carboxylic acids is 1. The highest BCUT2D eigenvalue weighted by Gasteiger charge is 2.18. The topological polar surface area (TPSA) is 128 Å². The van der Waals surface area contributed by atoms with Crippen LogP contribution >= 0.6 is 0 Å². The molecule has 9 nitrogen and oxygen atoms in total. The van der Waals surface area contributed by atoms with Crippen LogP contribution in [-0.2, 0) is 11.3 Å². The number of anilines is 2. The van der Waals surface area contributed by atoms with Crippen molar-refractivity contribution < 1.29 is 9.18 Å². The van der Waals surface area contributed by atoms with Gasteiger partial charge in [-0.1, -0.05) is 34.6 Å². The summed E-state index contributed by atoms with van der Waals surface area (Å²) in [4.78, 5) is 35.9. The summed E-state index contributed by atoms with van der Waals surface area (Å²) >= 11 is 0. The first-order chi connectivity index (χ1) is 14.1. The molecule has 0 fully saturated rings. The number of rotatable bonds is 6. The smallest absolute Gasteiger partial charge is 0.278 e. The van der Waals surface area contributed by atoms with Crippen molar-refractivity contribution in [1.29, 1.82) is 0 Å². The molecule has 164 valence electrons. The van der Waals surface area contributed by atoms with Gasteiger partial charge in [0.15, 0.2) is 11.6 Å². The maximum absolute atomic E-state index is 13.5. The van der Waals surface area contributed by atoms with Gasteiger partial charge in [-0.2, -0.15) is 5.10 Å². The van der Waals surface area contributed by atoms with Crippen LogP contribution in [0.1, 0.15) is 58.7 Å². The SMILES string of the molecule is CC(C)C.CCN=Cc1c(N)c(C(C)C)nn(CC(=O)Nc2ncncc2F)c1=O. The fraction of sp³-hybridized carbons (Fsp3) is 0.500. The molecule has 0 aromatic carbocycles. The zero-order valence-electron chi connectivity index (χ0n) is 18.3. The summed E-state index contributed by atoms with van der Waals surface area (Å²) in [5.41, 5.74) is 6.37. The quantitative estimate of drug-likeness (QED) is 0.693. The highest BCUT2D eigenvalue weighted by atomic mass is 19.1. The Hall–Kier alpha value is -3.17. The predicted molar refractivity (Wildman–Crippen MR) is 116 cm³/mol. The van der Waals surface area contributed by atoms with Gasteiger partial charge in [0.2, 0.25) is 5.91 Å². The molecule has 0 unspecified atom stereocenters. The molecule has 0 aliphatic carbocycles. The highest BCUT2D eigenvalue weighted by Crippen LogP contribution is 2.19. The third kappa shape index (κ3) is 7.34. The molecule has 2 aromatic heterocycles. The van der Waals surface area contributed by atoms with Crippen LogP contribution in [-0.4, -0.2) is 38.4 Å². The van der Waals surface area contributed by atoms with Gasteiger partial charge in [0.25, 0.3) is 5.56 Å². The van der Waals surface area contributed by atoms with Crippen molar-refractivity contribution in [2.45, 2.75) is 54.0 Å². The van der Waals surface area contributed by atoms with E-state index < -0.39 is 23.8 Å². The Morgan fingerprint density at radius 2 is 1.97 bits per heavy atom. The lowest BCUT2D eigenvalue weighted by atomic mass is 10.1. The number of hydrogen-bond donors (Lipinski definition) is 2. The van der Waals surface area contributed by atoms with Crippen LogP contribution in [0.3, 0.4) is 0 Å². The molecule has 0 radical (unpaired) electrons. The van der Waals surface area contributed by atoms with E-state index in [-0.39, 0.29) is 23.0 Å². The van der Waals surface area contributed by atoms with Crippen molar-refractivity contribution in [2.75, 3.05) is 17.6 Å². The summed E-state index contributed by atoms with van der Waals surface area (Å²) < 4.78 is 14.5. The number of nitrogens with two attached hydrogens (primary N) is 1. The van der Waals surface area contributed by atoms with Gasteiger partial charge in [0, 0.05) is 12.8 Å². The molecule has 0 aliphatic rings. The molecule has 10 heteroatoms. The second-order valence-corrected chi connectivity index (χ2v) is 7.46. The Kier molecular flexibility index (Phi) is 9.73. The first kappa shape index (κ1) is 24.9. The Morgan fingerprint density at radius 3 is 2.50 bits per heavy atom. The summed E-state index contributed by atoms with van der Waals surface area (Å²) in [5.74, 6) is -0.949. The Labute approximate surface area is 175 Å². The lowest BCUT2D eigenvalue weighted by molar-refractivity contribution is -0.117. The molecule has 0 atom stereocenters. The van der Waals surface area contributed by atoms with E-state index in [1.165, 1.54) is 6.21 Å². The number of amides is 1. The fourth-order valence-corrected chi connectivity index (χ4v) is 2.17. The van der Waals surface area contributed by atoms with Crippen LogP contribution < -0.4 is 16.6 Å². The van der Waals surface area contributed by atoms with Crippen molar-refractivity contribution >= 4 is 23.6 Å². The molecule has 2 heterocycles. The fourth-order valence-electron chi connectivity index (χ4n) is 2.17. The number of nitrogens with zero attached hydrogens (tertiary/aromatic N) is 5. The Morgan fingerprint density at radius 1 is 1.33 bits per heavy atom.